The molecule has 3 atom stereocenters. The molecule has 0 heterocycles. The molecule has 12 heteroatoms. The van der Waals surface area contributed by atoms with E-state index in [4.69, 9.17) is 5.73 Å². The Labute approximate surface area is 200 Å². The van der Waals surface area contributed by atoms with Gasteiger partial charge in [0.25, 0.3) is 0 Å². The molecule has 0 aliphatic carbocycles. The molecule has 0 aromatic rings. The average Bonchev–Trinajstić information content (AvgIpc) is 2.74. The van der Waals surface area contributed by atoms with Crippen LogP contribution in [-0.4, -0.2) is 73.1 Å². The molecule has 0 radical (unpaired) electrons. The van der Waals surface area contributed by atoms with Crippen LogP contribution in [0.3, 0.4) is 0 Å². The van der Waals surface area contributed by atoms with Gasteiger partial charge in [-0.2, -0.15) is 0 Å². The van der Waals surface area contributed by atoms with Crippen molar-refractivity contribution < 1.29 is 28.8 Å². The van der Waals surface area contributed by atoms with Crippen LogP contribution in [0.25, 0.3) is 0 Å². The second kappa shape index (κ2) is 17.5. The Kier molecular flexibility index (Phi) is 15.9. The van der Waals surface area contributed by atoms with Gasteiger partial charge < -0.3 is 32.3 Å². The van der Waals surface area contributed by atoms with Crippen LogP contribution in [0, 0.1) is 0 Å². The molecule has 7 N–H and O–H groups in total. The van der Waals surface area contributed by atoms with Gasteiger partial charge in [0.1, 0.15) is 12.1 Å². The van der Waals surface area contributed by atoms with Crippen molar-refractivity contribution in [3.05, 3.63) is 0 Å². The smallest absolute Gasteiger partial charge is 0.242 e. The number of nitrogens with one attached hydrogen (secondary N) is 5. The minimum atomic E-state index is -1.02. The molecule has 0 rings (SSSR count). The molecule has 0 aromatic carbocycles. The molecule has 0 bridgehead atoms. The molecule has 0 aromatic heterocycles. The first-order valence-corrected chi connectivity index (χ1v) is 11.7. The summed E-state index contributed by atoms with van der Waals surface area (Å²) in [5.74, 6) is -2.70. The van der Waals surface area contributed by atoms with Gasteiger partial charge in [-0.25, -0.2) is 0 Å². The minimum Gasteiger partial charge on any atom is -0.368 e. The zero-order chi connectivity index (χ0) is 26.1. The van der Waals surface area contributed by atoms with Crippen molar-refractivity contribution in [2.24, 2.45) is 5.73 Å². The van der Waals surface area contributed by atoms with Crippen LogP contribution in [-0.2, 0) is 28.8 Å². The first kappa shape index (κ1) is 31.0. The van der Waals surface area contributed by atoms with Crippen molar-refractivity contribution in [3.63, 3.8) is 0 Å². The Balaban J connectivity index is 4.66. The van der Waals surface area contributed by atoms with E-state index < -0.39 is 35.8 Å². The number of amides is 5. The van der Waals surface area contributed by atoms with Gasteiger partial charge in [0.2, 0.25) is 29.5 Å². The van der Waals surface area contributed by atoms with Crippen molar-refractivity contribution in [2.75, 3.05) is 19.6 Å². The summed E-state index contributed by atoms with van der Waals surface area (Å²) in [6.07, 6.45) is 1.97. The highest BCUT2D eigenvalue weighted by molar-refractivity contribution is 5.95. The van der Waals surface area contributed by atoms with Crippen LogP contribution in [0.5, 0.6) is 0 Å². The van der Waals surface area contributed by atoms with Gasteiger partial charge in [0, 0.05) is 19.9 Å². The maximum atomic E-state index is 12.4. The van der Waals surface area contributed by atoms with Crippen molar-refractivity contribution >= 4 is 35.3 Å². The van der Waals surface area contributed by atoms with E-state index in [9.17, 15) is 28.8 Å². The third-order valence-corrected chi connectivity index (χ3v) is 4.79. The summed E-state index contributed by atoms with van der Waals surface area (Å²) >= 11 is 0. The van der Waals surface area contributed by atoms with Crippen LogP contribution in [0.1, 0.15) is 66.2 Å². The highest BCUT2D eigenvalue weighted by Crippen LogP contribution is 2.03. The Morgan fingerprint density at radius 2 is 1.53 bits per heavy atom. The van der Waals surface area contributed by atoms with Crippen LogP contribution in [0.4, 0.5) is 0 Å². The summed E-state index contributed by atoms with van der Waals surface area (Å²) in [7, 11) is 0. The lowest BCUT2D eigenvalue weighted by Crippen LogP contribution is -2.51. The lowest BCUT2D eigenvalue weighted by molar-refractivity contribution is -0.132. The molecule has 194 valence electrons. The van der Waals surface area contributed by atoms with Crippen molar-refractivity contribution in [1.82, 2.24) is 26.6 Å². The molecule has 5 amide bonds. The molecular formula is C22H40N6O6. The summed E-state index contributed by atoms with van der Waals surface area (Å²) in [5, 5.41) is 13.1. The maximum Gasteiger partial charge on any atom is 0.242 e. The molecule has 34 heavy (non-hydrogen) atoms. The number of hydrogen-bond acceptors (Lipinski definition) is 7. The van der Waals surface area contributed by atoms with E-state index in [2.05, 4.69) is 26.6 Å². The van der Waals surface area contributed by atoms with Crippen molar-refractivity contribution in [1.29, 1.82) is 0 Å². The summed E-state index contributed by atoms with van der Waals surface area (Å²) < 4.78 is 0. The lowest BCUT2D eigenvalue weighted by atomic mass is 10.0. The van der Waals surface area contributed by atoms with E-state index in [1.54, 1.807) is 0 Å². The molecule has 0 aliphatic heterocycles. The fourth-order valence-electron chi connectivity index (χ4n) is 3.03. The van der Waals surface area contributed by atoms with E-state index in [1.807, 2.05) is 13.8 Å². The molecule has 0 saturated heterocycles. The number of carbonyl (C=O) groups excluding carboxylic acids is 6. The zero-order valence-corrected chi connectivity index (χ0v) is 20.6. The van der Waals surface area contributed by atoms with Gasteiger partial charge in [-0.05, 0) is 39.2 Å². The Morgan fingerprint density at radius 1 is 0.853 bits per heavy atom. The Hall–Kier alpha value is -3.02. The van der Waals surface area contributed by atoms with Crippen LogP contribution >= 0.6 is 0 Å². The third-order valence-electron chi connectivity index (χ3n) is 4.79. The van der Waals surface area contributed by atoms with Crippen molar-refractivity contribution in [3.8, 4) is 0 Å². The normalized spacial score (nSPS) is 13.2. The molecule has 0 aliphatic rings. The number of hydrogen-bond donors (Lipinski definition) is 6. The number of carbonyl (C=O) groups is 6. The predicted octanol–water partition coefficient (Wildman–Crippen LogP) is -1.38. The third kappa shape index (κ3) is 14.2. The topological polar surface area (TPSA) is 189 Å². The quantitative estimate of drug-likeness (QED) is 0.129. The monoisotopic (exact) mass is 484 g/mol. The molecule has 0 saturated carbocycles. The molecular weight excluding hydrogens is 444 g/mol. The standard InChI is InChI=1S/C22H40N6O6/c1-5-8-18(30)17(28-22(34)14(3)26-15(4)29)12-19(31)25-11-7-9-16(21(23)33)27-20(32)13-24-10-6-2/h14,16-17,24H,5-13H2,1-4H3,(H2,23,33)(H,25,31)(H,26,29)(H,27,32)(H,28,34). The number of primary amides is 1. The van der Waals surface area contributed by atoms with Gasteiger partial charge in [0.05, 0.1) is 19.0 Å². The van der Waals surface area contributed by atoms with E-state index in [0.29, 0.717) is 19.4 Å². The van der Waals surface area contributed by atoms with Crippen LogP contribution in [0.15, 0.2) is 0 Å². The lowest BCUT2D eigenvalue weighted by Gasteiger charge is -2.20. The van der Waals surface area contributed by atoms with E-state index in [-0.39, 0.29) is 49.9 Å². The predicted molar refractivity (Wildman–Crippen MR) is 126 cm³/mol. The molecule has 0 spiro atoms. The number of Topliss-reactive ketones (excluding diaryl/α,β-unsaturated/α-hetero) is 1. The van der Waals surface area contributed by atoms with E-state index in [1.165, 1.54) is 13.8 Å². The van der Waals surface area contributed by atoms with Gasteiger partial charge in [0.15, 0.2) is 5.78 Å². The van der Waals surface area contributed by atoms with Crippen LogP contribution < -0.4 is 32.3 Å². The number of rotatable bonds is 18. The fraction of sp³-hybridized carbons (Fsp3) is 0.727. The first-order chi connectivity index (χ1) is 16.0. The average molecular weight is 485 g/mol. The fourth-order valence-corrected chi connectivity index (χ4v) is 3.03. The number of ketones is 1. The van der Waals surface area contributed by atoms with Gasteiger partial charge in [-0.15, -0.1) is 0 Å². The highest BCUT2D eigenvalue weighted by Gasteiger charge is 2.25. The first-order valence-electron chi connectivity index (χ1n) is 11.7. The number of nitrogens with two attached hydrogens (primary N) is 1. The molecule has 3 unspecified atom stereocenters. The van der Waals surface area contributed by atoms with Gasteiger partial charge >= 0.3 is 0 Å². The van der Waals surface area contributed by atoms with Crippen LogP contribution in [0.2, 0.25) is 0 Å². The minimum absolute atomic E-state index is 0.0772. The van der Waals surface area contributed by atoms with Gasteiger partial charge in [-0.1, -0.05) is 13.8 Å². The molecule has 12 nitrogen and oxygen atoms in total. The summed E-state index contributed by atoms with van der Waals surface area (Å²) in [6, 6.07) is -2.73. The molecule has 0 fully saturated rings. The summed E-state index contributed by atoms with van der Waals surface area (Å²) in [5.41, 5.74) is 5.35. The van der Waals surface area contributed by atoms with E-state index >= 15 is 0 Å². The van der Waals surface area contributed by atoms with Crippen molar-refractivity contribution in [2.45, 2.75) is 84.3 Å². The Morgan fingerprint density at radius 3 is 2.09 bits per heavy atom. The second-order valence-corrected chi connectivity index (χ2v) is 8.10. The summed E-state index contributed by atoms with van der Waals surface area (Å²) in [6.45, 7) is 7.47. The SMILES string of the molecule is CCCNCC(=O)NC(CCCNC(=O)CC(NC(=O)C(C)NC(C)=O)C(=O)CCC)C(N)=O. The summed E-state index contributed by atoms with van der Waals surface area (Å²) in [4.78, 5) is 71.6. The zero-order valence-electron chi connectivity index (χ0n) is 20.6. The highest BCUT2D eigenvalue weighted by atomic mass is 16.2. The second-order valence-electron chi connectivity index (χ2n) is 8.10. The Bertz CT molecular complexity index is 714. The largest absolute Gasteiger partial charge is 0.368 e. The maximum absolute atomic E-state index is 12.4. The van der Waals surface area contributed by atoms with Gasteiger partial charge in [-0.3, -0.25) is 28.8 Å². The van der Waals surface area contributed by atoms with E-state index in [0.717, 1.165) is 6.42 Å².